The van der Waals surface area contributed by atoms with E-state index in [2.05, 4.69) is 11.8 Å². The molecule has 1 unspecified atom stereocenters. The Morgan fingerprint density at radius 2 is 2.12 bits per heavy atom. The molecule has 0 radical (unpaired) electrons. The molecule has 0 aromatic carbocycles. The van der Waals surface area contributed by atoms with E-state index in [-0.39, 0.29) is 0 Å². The Morgan fingerprint density at radius 1 is 1.31 bits per heavy atom. The number of unbranched alkanes of at least 4 members (excludes halogenated alkanes) is 1. The molecule has 3 nitrogen and oxygen atoms in total. The first-order valence-corrected chi connectivity index (χ1v) is 6.75. The van der Waals surface area contributed by atoms with E-state index in [0.717, 1.165) is 31.8 Å². The molecule has 1 rings (SSSR count). The smallest absolute Gasteiger partial charge is 0.222 e. The van der Waals surface area contributed by atoms with Gasteiger partial charge in [0.15, 0.2) is 0 Å². The lowest BCUT2D eigenvalue weighted by Crippen LogP contribution is -2.31. The van der Waals surface area contributed by atoms with Crippen molar-refractivity contribution >= 4 is 5.91 Å². The summed E-state index contributed by atoms with van der Waals surface area (Å²) < 4.78 is 0. The summed E-state index contributed by atoms with van der Waals surface area (Å²) in [7, 11) is 0. The summed E-state index contributed by atoms with van der Waals surface area (Å²) in [6.07, 6.45) is 7.53. The van der Waals surface area contributed by atoms with Crippen molar-refractivity contribution in [3.05, 3.63) is 0 Å². The van der Waals surface area contributed by atoms with E-state index in [4.69, 9.17) is 5.73 Å². The summed E-state index contributed by atoms with van der Waals surface area (Å²) in [5.74, 6) is 1.17. The highest BCUT2D eigenvalue weighted by molar-refractivity contribution is 5.76. The Hall–Kier alpha value is -0.570. The maximum absolute atomic E-state index is 11.9. The Labute approximate surface area is 99.4 Å². The lowest BCUT2D eigenvalue weighted by atomic mass is 9.98. The number of carbonyl (C=O) groups is 1. The van der Waals surface area contributed by atoms with Crippen LogP contribution < -0.4 is 5.73 Å². The molecule has 0 aromatic rings. The Morgan fingerprint density at radius 3 is 2.81 bits per heavy atom. The molecule has 1 heterocycles. The molecule has 0 spiro atoms. The molecule has 0 aliphatic carbocycles. The molecule has 0 aromatic heterocycles. The van der Waals surface area contributed by atoms with Gasteiger partial charge in [-0.3, -0.25) is 4.79 Å². The number of nitrogens with two attached hydrogens (primary N) is 1. The molecule has 16 heavy (non-hydrogen) atoms. The molecule has 1 saturated heterocycles. The number of hydrogen-bond donors (Lipinski definition) is 1. The quantitative estimate of drug-likeness (QED) is 0.730. The van der Waals surface area contributed by atoms with Gasteiger partial charge in [0.05, 0.1) is 0 Å². The fourth-order valence-electron chi connectivity index (χ4n) is 2.40. The van der Waals surface area contributed by atoms with Crippen LogP contribution >= 0.6 is 0 Å². The summed E-state index contributed by atoms with van der Waals surface area (Å²) in [4.78, 5) is 14.0. The summed E-state index contributed by atoms with van der Waals surface area (Å²) in [6.45, 7) is 4.90. The van der Waals surface area contributed by atoms with Crippen LogP contribution in [0.5, 0.6) is 0 Å². The zero-order valence-corrected chi connectivity index (χ0v) is 10.6. The fourth-order valence-corrected chi connectivity index (χ4v) is 2.40. The average Bonchev–Trinajstić information content (AvgIpc) is 2.54. The van der Waals surface area contributed by atoms with Crippen molar-refractivity contribution in [1.29, 1.82) is 0 Å². The highest BCUT2D eigenvalue weighted by atomic mass is 16.2. The van der Waals surface area contributed by atoms with E-state index in [1.165, 1.54) is 25.7 Å². The maximum Gasteiger partial charge on any atom is 0.222 e. The molecule has 1 amide bonds. The fraction of sp³-hybridized carbons (Fsp3) is 0.923. The van der Waals surface area contributed by atoms with Crippen molar-refractivity contribution < 1.29 is 4.79 Å². The number of carbonyl (C=O) groups excluding carboxylic acids is 1. The van der Waals surface area contributed by atoms with Crippen LogP contribution in [0, 0.1) is 5.92 Å². The van der Waals surface area contributed by atoms with Crippen LogP contribution in [0.15, 0.2) is 0 Å². The highest BCUT2D eigenvalue weighted by Gasteiger charge is 2.18. The zero-order chi connectivity index (χ0) is 11.8. The minimum Gasteiger partial charge on any atom is -0.343 e. The Kier molecular flexibility index (Phi) is 6.46. The van der Waals surface area contributed by atoms with Gasteiger partial charge in [-0.25, -0.2) is 0 Å². The predicted molar refractivity (Wildman–Crippen MR) is 67.1 cm³/mol. The third-order valence-corrected chi connectivity index (χ3v) is 3.62. The Bertz CT molecular complexity index is 206. The standard InChI is InChI=1S/C13H26N2O/c1-2-12-6-5-10-15(11-8-12)13(16)7-3-4-9-14/h12H,2-11,14H2,1H3. The monoisotopic (exact) mass is 226 g/mol. The number of rotatable bonds is 5. The van der Waals surface area contributed by atoms with E-state index >= 15 is 0 Å². The summed E-state index contributed by atoms with van der Waals surface area (Å²) in [5.41, 5.74) is 5.43. The number of likely N-dealkylation sites (tertiary alicyclic amines) is 1. The first-order valence-electron chi connectivity index (χ1n) is 6.75. The van der Waals surface area contributed by atoms with Gasteiger partial charge in [-0.2, -0.15) is 0 Å². The molecule has 3 heteroatoms. The van der Waals surface area contributed by atoms with Crippen LogP contribution in [0.25, 0.3) is 0 Å². The molecule has 1 aliphatic heterocycles. The molecular formula is C13H26N2O. The largest absolute Gasteiger partial charge is 0.343 e. The number of hydrogen-bond acceptors (Lipinski definition) is 2. The minimum absolute atomic E-state index is 0.338. The van der Waals surface area contributed by atoms with Crippen LogP contribution in [0.1, 0.15) is 51.9 Å². The number of nitrogens with zero attached hydrogens (tertiary/aromatic N) is 1. The Balaban J connectivity index is 2.27. The molecule has 1 fully saturated rings. The molecule has 0 bridgehead atoms. The van der Waals surface area contributed by atoms with Crippen molar-refractivity contribution in [2.24, 2.45) is 11.7 Å². The maximum atomic E-state index is 11.9. The van der Waals surface area contributed by atoms with Gasteiger partial charge in [0.2, 0.25) is 5.91 Å². The van der Waals surface area contributed by atoms with Crippen molar-refractivity contribution in [2.75, 3.05) is 19.6 Å². The first-order chi connectivity index (χ1) is 7.77. The van der Waals surface area contributed by atoms with E-state index in [1.54, 1.807) is 0 Å². The zero-order valence-electron chi connectivity index (χ0n) is 10.6. The third-order valence-electron chi connectivity index (χ3n) is 3.62. The van der Waals surface area contributed by atoms with Gasteiger partial charge in [-0.05, 0) is 44.6 Å². The molecular weight excluding hydrogens is 200 g/mol. The molecule has 2 N–H and O–H groups in total. The lowest BCUT2D eigenvalue weighted by Gasteiger charge is -2.20. The van der Waals surface area contributed by atoms with Crippen molar-refractivity contribution in [3.8, 4) is 0 Å². The lowest BCUT2D eigenvalue weighted by molar-refractivity contribution is -0.131. The highest BCUT2D eigenvalue weighted by Crippen LogP contribution is 2.20. The predicted octanol–water partition coefficient (Wildman–Crippen LogP) is 2.15. The summed E-state index contributed by atoms with van der Waals surface area (Å²) in [5, 5.41) is 0. The molecule has 0 saturated carbocycles. The van der Waals surface area contributed by atoms with Crippen LogP contribution in [-0.4, -0.2) is 30.4 Å². The SMILES string of the molecule is CCC1CCCN(C(=O)CCCCN)CC1. The van der Waals surface area contributed by atoms with Gasteiger partial charge in [0.1, 0.15) is 0 Å². The van der Waals surface area contributed by atoms with Gasteiger partial charge in [0.25, 0.3) is 0 Å². The van der Waals surface area contributed by atoms with Crippen molar-refractivity contribution in [3.63, 3.8) is 0 Å². The normalized spacial score (nSPS) is 21.9. The topological polar surface area (TPSA) is 46.3 Å². The van der Waals surface area contributed by atoms with Crippen LogP contribution in [0.3, 0.4) is 0 Å². The second-order valence-electron chi connectivity index (χ2n) is 4.83. The summed E-state index contributed by atoms with van der Waals surface area (Å²) >= 11 is 0. The second kappa shape index (κ2) is 7.66. The van der Waals surface area contributed by atoms with Crippen molar-refractivity contribution in [1.82, 2.24) is 4.90 Å². The van der Waals surface area contributed by atoms with E-state index in [0.29, 0.717) is 18.9 Å². The average molecular weight is 226 g/mol. The van der Waals surface area contributed by atoms with E-state index < -0.39 is 0 Å². The molecule has 1 aliphatic rings. The molecule has 94 valence electrons. The number of amides is 1. The van der Waals surface area contributed by atoms with Crippen LogP contribution in [0.4, 0.5) is 0 Å². The third kappa shape index (κ3) is 4.52. The van der Waals surface area contributed by atoms with E-state index in [9.17, 15) is 4.79 Å². The van der Waals surface area contributed by atoms with Gasteiger partial charge in [0, 0.05) is 19.5 Å². The van der Waals surface area contributed by atoms with Crippen LogP contribution in [0.2, 0.25) is 0 Å². The first kappa shape index (κ1) is 13.5. The van der Waals surface area contributed by atoms with Gasteiger partial charge in [-0.15, -0.1) is 0 Å². The van der Waals surface area contributed by atoms with Gasteiger partial charge >= 0.3 is 0 Å². The molecule has 1 atom stereocenters. The van der Waals surface area contributed by atoms with Gasteiger partial charge < -0.3 is 10.6 Å². The van der Waals surface area contributed by atoms with Crippen LogP contribution in [-0.2, 0) is 4.79 Å². The second-order valence-corrected chi connectivity index (χ2v) is 4.83. The summed E-state index contributed by atoms with van der Waals surface area (Å²) in [6, 6.07) is 0. The van der Waals surface area contributed by atoms with Gasteiger partial charge in [-0.1, -0.05) is 13.3 Å². The van der Waals surface area contributed by atoms with Crippen molar-refractivity contribution in [2.45, 2.75) is 51.9 Å². The minimum atomic E-state index is 0.338. The van der Waals surface area contributed by atoms with E-state index in [1.807, 2.05) is 0 Å².